The fraction of sp³-hybridized carbons (Fsp3) is 0.714. The van der Waals surface area contributed by atoms with Gasteiger partial charge in [-0.3, -0.25) is 0 Å². The van der Waals surface area contributed by atoms with Gasteiger partial charge in [0.1, 0.15) is 12.2 Å². The number of hydrogen-bond donors (Lipinski definition) is 0. The molecule has 29 heavy (non-hydrogen) atoms. The van der Waals surface area contributed by atoms with Crippen molar-refractivity contribution < 1.29 is 66.2 Å². The van der Waals surface area contributed by atoms with E-state index in [2.05, 4.69) is 17.9 Å². The average molecular weight is 462 g/mol. The molecule has 0 N–H and O–H groups in total. The van der Waals surface area contributed by atoms with Gasteiger partial charge in [0.2, 0.25) is 0 Å². The van der Waals surface area contributed by atoms with E-state index < -0.39 is 59.4 Å². The van der Waals surface area contributed by atoms with Gasteiger partial charge in [0.25, 0.3) is 0 Å². The predicted octanol–water partition coefficient (Wildman–Crippen LogP) is 6.56. The van der Waals surface area contributed by atoms with Crippen molar-refractivity contribution in [2.75, 3.05) is 0 Å². The first-order chi connectivity index (χ1) is 12.4. The van der Waals surface area contributed by atoms with Crippen molar-refractivity contribution in [3.63, 3.8) is 0 Å². The highest BCUT2D eigenvalue weighted by Crippen LogP contribution is 2.54. The molecule has 0 heterocycles. The lowest BCUT2D eigenvalue weighted by Crippen LogP contribution is -2.67. The molecule has 2 unspecified atom stereocenters. The van der Waals surface area contributed by atoms with Gasteiger partial charge in [-0.1, -0.05) is 13.2 Å². The van der Waals surface area contributed by atoms with Crippen LogP contribution in [0.4, 0.5) is 61.5 Å². The van der Waals surface area contributed by atoms with E-state index in [4.69, 9.17) is 0 Å². The third kappa shape index (κ3) is 4.63. The summed E-state index contributed by atoms with van der Waals surface area (Å²) >= 11 is 0. The quantitative estimate of drug-likeness (QED) is 0.321. The molecule has 0 saturated carbocycles. The van der Waals surface area contributed by atoms with Gasteiger partial charge in [0.05, 0.1) is 0 Å². The van der Waals surface area contributed by atoms with Crippen LogP contribution in [0.25, 0.3) is 0 Å². The lowest BCUT2D eigenvalue weighted by atomic mass is 9.88. The standard InChI is InChI=1S/C14H12F14O/c1-5(2)7(9(15,11(17,18)19)12(20,21)22)29-8(6(3)4)10(16,13(23,24)25)14(26,27)28/h7-8H,1,3H2,2,4H3. The summed E-state index contributed by atoms with van der Waals surface area (Å²) in [6.45, 7) is 5.38. The normalized spacial score (nSPS) is 17.1. The monoisotopic (exact) mass is 462 g/mol. The van der Waals surface area contributed by atoms with Gasteiger partial charge in [0, 0.05) is 0 Å². The maximum atomic E-state index is 14.2. The minimum atomic E-state index is -6.94. The minimum absolute atomic E-state index is 0.201. The fourth-order valence-electron chi connectivity index (χ4n) is 2.15. The molecule has 0 aromatic rings. The smallest absolute Gasteiger partial charge is 0.358 e. The van der Waals surface area contributed by atoms with Gasteiger partial charge in [-0.2, -0.15) is 52.7 Å². The second kappa shape index (κ2) is 7.61. The van der Waals surface area contributed by atoms with Crippen LogP contribution in [0.3, 0.4) is 0 Å². The Bertz CT molecular complexity index is 538. The van der Waals surface area contributed by atoms with Crippen molar-refractivity contribution in [1.82, 2.24) is 0 Å². The molecule has 0 amide bonds. The Hall–Kier alpha value is -1.54. The summed E-state index contributed by atoms with van der Waals surface area (Å²) in [5.74, 6) is 0. The first-order valence-electron chi connectivity index (χ1n) is 6.98. The number of ether oxygens (including phenoxy) is 1. The summed E-state index contributed by atoms with van der Waals surface area (Å²) in [7, 11) is 0. The summed E-state index contributed by atoms with van der Waals surface area (Å²) in [5.41, 5.74) is -16.3. The van der Waals surface area contributed by atoms with Gasteiger partial charge >= 0.3 is 36.0 Å². The van der Waals surface area contributed by atoms with E-state index in [1.54, 1.807) is 0 Å². The third-order valence-corrected chi connectivity index (χ3v) is 3.54. The first-order valence-corrected chi connectivity index (χ1v) is 6.98. The third-order valence-electron chi connectivity index (χ3n) is 3.54. The van der Waals surface area contributed by atoms with Crippen molar-refractivity contribution in [3.8, 4) is 0 Å². The summed E-state index contributed by atoms with van der Waals surface area (Å²) in [6, 6.07) is 0. The molecule has 0 bridgehead atoms. The van der Waals surface area contributed by atoms with Crippen LogP contribution in [0.5, 0.6) is 0 Å². The van der Waals surface area contributed by atoms with Crippen molar-refractivity contribution in [1.29, 1.82) is 0 Å². The van der Waals surface area contributed by atoms with Crippen LogP contribution in [0.15, 0.2) is 24.3 Å². The van der Waals surface area contributed by atoms with E-state index in [9.17, 15) is 61.5 Å². The summed E-state index contributed by atoms with van der Waals surface area (Å²) in [6.07, 6.45) is -36.2. The number of alkyl halides is 14. The Morgan fingerprint density at radius 1 is 0.517 bits per heavy atom. The van der Waals surface area contributed by atoms with Crippen LogP contribution in [0.2, 0.25) is 0 Å². The molecular formula is C14H12F14O. The lowest BCUT2D eigenvalue weighted by Gasteiger charge is -2.42. The molecule has 0 aromatic carbocycles. The van der Waals surface area contributed by atoms with Crippen molar-refractivity contribution >= 4 is 0 Å². The van der Waals surface area contributed by atoms with Gasteiger partial charge in [-0.25, -0.2) is 8.78 Å². The molecule has 15 heteroatoms. The number of rotatable bonds is 6. The molecule has 0 aromatic heterocycles. The second-order valence-electron chi connectivity index (χ2n) is 6.00. The maximum absolute atomic E-state index is 14.2. The highest BCUT2D eigenvalue weighted by molar-refractivity contribution is 5.20. The van der Waals surface area contributed by atoms with Crippen LogP contribution >= 0.6 is 0 Å². The zero-order valence-corrected chi connectivity index (χ0v) is 14.3. The molecule has 1 nitrogen and oxygen atoms in total. The van der Waals surface area contributed by atoms with E-state index in [1.165, 1.54) is 0 Å². The molecule has 0 spiro atoms. The van der Waals surface area contributed by atoms with Gasteiger partial charge in [-0.05, 0) is 25.0 Å². The SMILES string of the molecule is C=C(C)C(OC(C(=C)C)C(F)(C(F)(F)F)C(F)(F)F)C(F)(C(F)(F)F)C(F)(F)F. The van der Waals surface area contributed by atoms with E-state index in [1.807, 2.05) is 0 Å². The van der Waals surface area contributed by atoms with Crippen molar-refractivity contribution in [3.05, 3.63) is 24.3 Å². The molecule has 0 aliphatic carbocycles. The predicted molar refractivity (Wildman–Crippen MR) is 70.2 cm³/mol. The van der Waals surface area contributed by atoms with E-state index in [0.29, 0.717) is 0 Å². The van der Waals surface area contributed by atoms with Crippen molar-refractivity contribution in [2.24, 2.45) is 0 Å². The second-order valence-corrected chi connectivity index (χ2v) is 6.00. The topological polar surface area (TPSA) is 9.23 Å². The average Bonchev–Trinajstić information content (AvgIpc) is 2.40. The van der Waals surface area contributed by atoms with Gasteiger partial charge in [0.15, 0.2) is 0 Å². The zero-order chi connectivity index (χ0) is 24.0. The van der Waals surface area contributed by atoms with Crippen LogP contribution in [-0.2, 0) is 4.74 Å². The van der Waals surface area contributed by atoms with Crippen LogP contribution in [0, 0.1) is 0 Å². The molecule has 0 rings (SSSR count). The van der Waals surface area contributed by atoms with Gasteiger partial charge < -0.3 is 4.74 Å². The van der Waals surface area contributed by atoms with Crippen molar-refractivity contribution in [2.45, 2.75) is 62.1 Å². The summed E-state index contributed by atoms with van der Waals surface area (Å²) < 4.78 is 186. The summed E-state index contributed by atoms with van der Waals surface area (Å²) in [5, 5.41) is 0. The van der Waals surface area contributed by atoms with E-state index in [-0.39, 0.29) is 13.8 Å². The number of hydrogen-bond acceptors (Lipinski definition) is 1. The Labute approximate surface area is 154 Å². The Morgan fingerprint density at radius 2 is 0.690 bits per heavy atom. The van der Waals surface area contributed by atoms with Crippen LogP contribution in [0.1, 0.15) is 13.8 Å². The molecule has 0 saturated heterocycles. The molecule has 2 atom stereocenters. The first kappa shape index (κ1) is 27.5. The highest BCUT2D eigenvalue weighted by Gasteiger charge is 2.80. The fourth-order valence-corrected chi connectivity index (χ4v) is 2.15. The zero-order valence-electron chi connectivity index (χ0n) is 14.3. The molecule has 0 aliphatic rings. The van der Waals surface area contributed by atoms with Crippen LogP contribution in [-0.4, -0.2) is 48.3 Å². The Balaban J connectivity index is 6.87. The van der Waals surface area contributed by atoms with E-state index in [0.717, 1.165) is 0 Å². The molecule has 0 radical (unpaired) electrons. The van der Waals surface area contributed by atoms with E-state index >= 15 is 0 Å². The molecule has 172 valence electrons. The Kier molecular flexibility index (Phi) is 7.21. The Morgan fingerprint density at radius 3 is 0.793 bits per heavy atom. The minimum Gasteiger partial charge on any atom is -0.358 e. The van der Waals surface area contributed by atoms with Crippen LogP contribution < -0.4 is 0 Å². The molecular weight excluding hydrogens is 450 g/mol. The maximum Gasteiger partial charge on any atom is 0.434 e. The highest BCUT2D eigenvalue weighted by atomic mass is 19.4. The van der Waals surface area contributed by atoms with Gasteiger partial charge in [-0.15, -0.1) is 0 Å². The number of halogens is 14. The largest absolute Gasteiger partial charge is 0.434 e. The molecule has 0 fully saturated rings. The molecule has 0 aliphatic heterocycles. The summed E-state index contributed by atoms with van der Waals surface area (Å²) in [4.78, 5) is 0. The lowest BCUT2D eigenvalue weighted by molar-refractivity contribution is -0.390.